The first-order valence-electron chi connectivity index (χ1n) is 6.69. The van der Waals surface area contributed by atoms with Gasteiger partial charge in [-0.2, -0.15) is 0 Å². The normalized spacial score (nSPS) is 22.6. The van der Waals surface area contributed by atoms with Gasteiger partial charge in [-0.1, -0.05) is 13.8 Å². The lowest BCUT2D eigenvalue weighted by atomic mass is 10.1. The van der Waals surface area contributed by atoms with Crippen molar-refractivity contribution in [3.05, 3.63) is 0 Å². The minimum atomic E-state index is 0.443. The van der Waals surface area contributed by atoms with Crippen LogP contribution >= 0.6 is 0 Å². The predicted octanol–water partition coefficient (Wildman–Crippen LogP) is 1.21. The van der Waals surface area contributed by atoms with Gasteiger partial charge in [-0.25, -0.2) is 0 Å². The number of rotatable bonds is 5. The van der Waals surface area contributed by atoms with Crippen LogP contribution in [0.25, 0.3) is 0 Å². The molecule has 0 radical (unpaired) electrons. The molecule has 4 nitrogen and oxygen atoms in total. The van der Waals surface area contributed by atoms with Crippen LogP contribution in [0, 0.1) is 5.41 Å². The van der Waals surface area contributed by atoms with E-state index in [1.54, 1.807) is 7.11 Å². The molecule has 1 saturated heterocycles. The smallest absolute Gasteiger partial charge is 0.209 e. The van der Waals surface area contributed by atoms with Crippen LogP contribution in [0.1, 0.15) is 26.7 Å². The molecule has 1 saturated carbocycles. The Bertz CT molecular complexity index is 221. The first-order chi connectivity index (χ1) is 8.28. The van der Waals surface area contributed by atoms with E-state index in [9.17, 15) is 4.79 Å². The van der Waals surface area contributed by atoms with E-state index in [1.165, 1.54) is 12.8 Å². The van der Waals surface area contributed by atoms with Gasteiger partial charge in [0.1, 0.15) is 0 Å². The number of hydrogen-bond donors (Lipinski definition) is 0. The highest BCUT2D eigenvalue weighted by atomic mass is 16.5. The Kier molecular flexibility index (Phi) is 5.92. The summed E-state index contributed by atoms with van der Waals surface area (Å²) in [6.07, 6.45) is 3.56. The van der Waals surface area contributed by atoms with Crippen LogP contribution in [-0.4, -0.2) is 62.7 Å². The number of hydrogen-bond acceptors (Lipinski definition) is 3. The molecule has 2 fully saturated rings. The van der Waals surface area contributed by atoms with E-state index in [1.807, 2.05) is 18.7 Å². The third-order valence-electron chi connectivity index (χ3n) is 3.52. The van der Waals surface area contributed by atoms with Crippen molar-refractivity contribution in [2.75, 3.05) is 46.4 Å². The second-order valence-electron chi connectivity index (χ2n) is 4.85. The summed E-state index contributed by atoms with van der Waals surface area (Å²) >= 11 is 0. The molecule has 0 spiro atoms. The Balaban J connectivity index is 0.000000686. The Morgan fingerprint density at radius 1 is 1.18 bits per heavy atom. The van der Waals surface area contributed by atoms with E-state index in [-0.39, 0.29) is 0 Å². The fraction of sp³-hybridized carbons (Fsp3) is 0.923. The number of ether oxygens (including phenoxy) is 1. The molecule has 0 unspecified atom stereocenters. The maximum absolute atomic E-state index is 10.6. The number of piperazine rings is 1. The largest absolute Gasteiger partial charge is 0.384 e. The molecule has 0 aromatic rings. The lowest BCUT2D eigenvalue weighted by Crippen LogP contribution is -2.47. The summed E-state index contributed by atoms with van der Waals surface area (Å²) in [5.74, 6) is 0. The maximum atomic E-state index is 10.6. The highest BCUT2D eigenvalue weighted by molar-refractivity contribution is 5.47. The van der Waals surface area contributed by atoms with Crippen LogP contribution in [0.5, 0.6) is 0 Å². The minimum absolute atomic E-state index is 0.443. The Hall–Kier alpha value is -0.610. The maximum Gasteiger partial charge on any atom is 0.209 e. The summed E-state index contributed by atoms with van der Waals surface area (Å²) in [7, 11) is 1.78. The van der Waals surface area contributed by atoms with Crippen molar-refractivity contribution in [1.82, 2.24) is 9.80 Å². The van der Waals surface area contributed by atoms with Crippen molar-refractivity contribution in [1.29, 1.82) is 0 Å². The van der Waals surface area contributed by atoms with Crippen molar-refractivity contribution < 1.29 is 9.53 Å². The molecule has 0 aromatic heterocycles. The highest BCUT2D eigenvalue weighted by Gasteiger charge is 2.44. The van der Waals surface area contributed by atoms with Crippen LogP contribution in [0.4, 0.5) is 0 Å². The van der Waals surface area contributed by atoms with Crippen molar-refractivity contribution in [3.8, 4) is 0 Å². The molecule has 0 atom stereocenters. The Labute approximate surface area is 105 Å². The topological polar surface area (TPSA) is 32.8 Å². The highest BCUT2D eigenvalue weighted by Crippen LogP contribution is 2.46. The predicted molar refractivity (Wildman–Crippen MR) is 69.0 cm³/mol. The van der Waals surface area contributed by atoms with E-state index in [2.05, 4.69) is 4.90 Å². The molecule has 1 aliphatic carbocycles. The molecule has 0 aromatic carbocycles. The molecule has 2 rings (SSSR count). The van der Waals surface area contributed by atoms with Gasteiger partial charge >= 0.3 is 0 Å². The van der Waals surface area contributed by atoms with Crippen LogP contribution < -0.4 is 0 Å². The molecule has 0 bridgehead atoms. The third kappa shape index (κ3) is 4.28. The number of methoxy groups -OCH3 is 1. The number of nitrogens with zero attached hydrogens (tertiary/aromatic N) is 2. The molecule has 1 amide bonds. The van der Waals surface area contributed by atoms with Gasteiger partial charge in [0.15, 0.2) is 0 Å². The molecular formula is C13H26N2O2. The third-order valence-corrected chi connectivity index (χ3v) is 3.52. The summed E-state index contributed by atoms with van der Waals surface area (Å²) in [6, 6.07) is 0. The van der Waals surface area contributed by atoms with Crippen molar-refractivity contribution >= 4 is 6.41 Å². The van der Waals surface area contributed by atoms with E-state index >= 15 is 0 Å². The monoisotopic (exact) mass is 242 g/mol. The molecule has 4 heteroatoms. The van der Waals surface area contributed by atoms with Gasteiger partial charge < -0.3 is 9.64 Å². The van der Waals surface area contributed by atoms with Gasteiger partial charge in [0.25, 0.3) is 0 Å². The lowest BCUT2D eigenvalue weighted by molar-refractivity contribution is -0.119. The number of carbonyl (C=O) groups is 1. The summed E-state index contributed by atoms with van der Waals surface area (Å²) < 4.78 is 5.26. The molecular weight excluding hydrogens is 216 g/mol. The van der Waals surface area contributed by atoms with Crippen molar-refractivity contribution in [2.45, 2.75) is 26.7 Å². The first-order valence-corrected chi connectivity index (χ1v) is 6.69. The SMILES string of the molecule is CC.COCC1(CN2CCN(C=O)CC2)CC1. The number of amides is 1. The second kappa shape index (κ2) is 6.97. The van der Waals surface area contributed by atoms with E-state index in [0.29, 0.717) is 5.41 Å². The average molecular weight is 242 g/mol. The van der Waals surface area contributed by atoms with Gasteiger partial charge in [0.05, 0.1) is 6.61 Å². The van der Waals surface area contributed by atoms with Gasteiger partial charge in [0.2, 0.25) is 6.41 Å². The average Bonchev–Trinajstić information content (AvgIpc) is 3.13. The van der Waals surface area contributed by atoms with Gasteiger partial charge in [-0.3, -0.25) is 9.69 Å². The lowest BCUT2D eigenvalue weighted by Gasteiger charge is -2.34. The molecule has 0 N–H and O–H groups in total. The molecule has 1 heterocycles. The minimum Gasteiger partial charge on any atom is -0.384 e. The molecule has 17 heavy (non-hydrogen) atoms. The second-order valence-corrected chi connectivity index (χ2v) is 4.85. The van der Waals surface area contributed by atoms with Crippen LogP contribution in [0.15, 0.2) is 0 Å². The van der Waals surface area contributed by atoms with Crippen molar-refractivity contribution in [2.24, 2.45) is 5.41 Å². The standard InChI is InChI=1S/C11H20N2O2.C2H6/c1-15-9-11(2-3-11)8-12-4-6-13(10-14)7-5-12;1-2/h10H,2-9H2,1H3;1-2H3. The number of carbonyl (C=O) groups excluding carboxylic acids is 1. The zero-order valence-electron chi connectivity index (χ0n) is 11.4. The fourth-order valence-electron chi connectivity index (χ4n) is 2.33. The van der Waals surface area contributed by atoms with E-state index in [4.69, 9.17) is 4.74 Å². The Morgan fingerprint density at radius 3 is 2.18 bits per heavy atom. The van der Waals surface area contributed by atoms with Crippen LogP contribution in [-0.2, 0) is 9.53 Å². The Morgan fingerprint density at radius 2 is 1.76 bits per heavy atom. The first kappa shape index (κ1) is 14.5. The van der Waals surface area contributed by atoms with Gasteiger partial charge in [0, 0.05) is 45.2 Å². The van der Waals surface area contributed by atoms with Crippen LogP contribution in [0.3, 0.4) is 0 Å². The summed E-state index contributed by atoms with van der Waals surface area (Å²) in [6.45, 7) is 9.84. The molecule has 100 valence electrons. The quantitative estimate of drug-likeness (QED) is 0.679. The van der Waals surface area contributed by atoms with Gasteiger partial charge in [-0.05, 0) is 12.8 Å². The fourth-order valence-corrected chi connectivity index (χ4v) is 2.33. The van der Waals surface area contributed by atoms with E-state index < -0.39 is 0 Å². The molecule has 1 aliphatic heterocycles. The van der Waals surface area contributed by atoms with Crippen LogP contribution in [0.2, 0.25) is 0 Å². The summed E-state index contributed by atoms with van der Waals surface area (Å²) in [5, 5.41) is 0. The summed E-state index contributed by atoms with van der Waals surface area (Å²) in [4.78, 5) is 14.9. The molecule has 2 aliphatic rings. The summed E-state index contributed by atoms with van der Waals surface area (Å²) in [5.41, 5.74) is 0.443. The zero-order valence-corrected chi connectivity index (χ0v) is 11.4. The van der Waals surface area contributed by atoms with E-state index in [0.717, 1.165) is 45.7 Å². The zero-order chi connectivity index (χ0) is 12.7. The van der Waals surface area contributed by atoms with Crippen molar-refractivity contribution in [3.63, 3.8) is 0 Å². The van der Waals surface area contributed by atoms with Gasteiger partial charge in [-0.15, -0.1) is 0 Å².